The molecule has 0 aromatic heterocycles. The van der Waals surface area contributed by atoms with Gasteiger partial charge in [-0.15, -0.1) is 12.4 Å². The standard InChI is InChI=1S/C23H25NO2.ClH/c1-18-8-10-19(11-9-18)15-24-16-21-12-13-22(23(14-21)25-2)26-17-20-6-4-3-5-7-20;/h3-14,24H,15-17H2,1-2H3;1H. The number of hydrogen-bond donors (Lipinski definition) is 1. The van der Waals surface area contributed by atoms with Crippen LogP contribution < -0.4 is 14.8 Å². The van der Waals surface area contributed by atoms with Crippen LogP contribution in [0.1, 0.15) is 22.3 Å². The van der Waals surface area contributed by atoms with Crippen LogP contribution in [-0.2, 0) is 19.7 Å². The van der Waals surface area contributed by atoms with Crippen LogP contribution in [0.3, 0.4) is 0 Å². The van der Waals surface area contributed by atoms with E-state index in [9.17, 15) is 0 Å². The zero-order chi connectivity index (χ0) is 18.2. The van der Waals surface area contributed by atoms with E-state index >= 15 is 0 Å². The first-order chi connectivity index (χ1) is 12.7. The van der Waals surface area contributed by atoms with E-state index < -0.39 is 0 Å². The number of hydrogen-bond acceptors (Lipinski definition) is 3. The summed E-state index contributed by atoms with van der Waals surface area (Å²) in [5, 5.41) is 3.47. The van der Waals surface area contributed by atoms with E-state index in [2.05, 4.69) is 54.7 Å². The van der Waals surface area contributed by atoms with Crippen LogP contribution in [0.4, 0.5) is 0 Å². The molecule has 3 rings (SSSR count). The number of methoxy groups -OCH3 is 1. The van der Waals surface area contributed by atoms with Gasteiger partial charge in [-0.3, -0.25) is 0 Å². The van der Waals surface area contributed by atoms with Crippen molar-refractivity contribution in [1.29, 1.82) is 0 Å². The molecule has 0 aliphatic heterocycles. The van der Waals surface area contributed by atoms with E-state index in [1.54, 1.807) is 7.11 Å². The Kier molecular flexibility index (Phi) is 8.18. The highest BCUT2D eigenvalue weighted by atomic mass is 35.5. The number of rotatable bonds is 8. The first kappa shape index (κ1) is 20.8. The molecule has 0 aliphatic rings. The molecule has 0 atom stereocenters. The fraction of sp³-hybridized carbons (Fsp3) is 0.217. The quantitative estimate of drug-likeness (QED) is 0.573. The summed E-state index contributed by atoms with van der Waals surface area (Å²) in [6.45, 7) is 4.26. The molecule has 3 aromatic carbocycles. The zero-order valence-corrected chi connectivity index (χ0v) is 16.6. The Morgan fingerprint density at radius 3 is 2.11 bits per heavy atom. The fourth-order valence-corrected chi connectivity index (χ4v) is 2.73. The highest BCUT2D eigenvalue weighted by Crippen LogP contribution is 2.28. The molecular weight excluding hydrogens is 358 g/mol. The van der Waals surface area contributed by atoms with Gasteiger partial charge in [0.15, 0.2) is 11.5 Å². The van der Waals surface area contributed by atoms with Gasteiger partial charge in [0.25, 0.3) is 0 Å². The van der Waals surface area contributed by atoms with Gasteiger partial charge in [0.2, 0.25) is 0 Å². The normalized spacial score (nSPS) is 10.1. The van der Waals surface area contributed by atoms with E-state index in [0.29, 0.717) is 6.61 Å². The third kappa shape index (κ3) is 6.31. The van der Waals surface area contributed by atoms with Gasteiger partial charge >= 0.3 is 0 Å². The van der Waals surface area contributed by atoms with Gasteiger partial charge in [0.1, 0.15) is 6.61 Å². The summed E-state index contributed by atoms with van der Waals surface area (Å²) in [7, 11) is 1.67. The third-order valence-electron chi connectivity index (χ3n) is 4.24. The van der Waals surface area contributed by atoms with Crippen LogP contribution in [0.25, 0.3) is 0 Å². The van der Waals surface area contributed by atoms with E-state index in [4.69, 9.17) is 9.47 Å². The summed E-state index contributed by atoms with van der Waals surface area (Å²) >= 11 is 0. The molecule has 0 bridgehead atoms. The number of ether oxygens (including phenoxy) is 2. The second-order valence-electron chi connectivity index (χ2n) is 6.35. The Morgan fingerprint density at radius 1 is 0.741 bits per heavy atom. The second kappa shape index (κ2) is 10.6. The fourth-order valence-electron chi connectivity index (χ4n) is 2.73. The first-order valence-corrected chi connectivity index (χ1v) is 8.84. The molecule has 0 amide bonds. The topological polar surface area (TPSA) is 30.5 Å². The minimum Gasteiger partial charge on any atom is -0.493 e. The van der Waals surface area contributed by atoms with Crippen molar-refractivity contribution in [3.63, 3.8) is 0 Å². The minimum absolute atomic E-state index is 0. The summed E-state index contributed by atoms with van der Waals surface area (Å²) in [5.41, 5.74) is 4.87. The molecule has 0 fully saturated rings. The highest BCUT2D eigenvalue weighted by Gasteiger charge is 2.06. The van der Waals surface area contributed by atoms with Crippen molar-refractivity contribution in [2.24, 2.45) is 0 Å². The lowest BCUT2D eigenvalue weighted by Crippen LogP contribution is -2.12. The van der Waals surface area contributed by atoms with Gasteiger partial charge in [-0.2, -0.15) is 0 Å². The number of halogens is 1. The Balaban J connectivity index is 0.00000261. The monoisotopic (exact) mass is 383 g/mol. The van der Waals surface area contributed by atoms with Gasteiger partial charge in [-0.1, -0.05) is 66.2 Å². The van der Waals surface area contributed by atoms with E-state index in [-0.39, 0.29) is 12.4 Å². The van der Waals surface area contributed by atoms with E-state index in [0.717, 1.165) is 30.2 Å². The number of aryl methyl sites for hydroxylation is 1. The van der Waals surface area contributed by atoms with Crippen LogP contribution in [0.2, 0.25) is 0 Å². The molecule has 0 saturated carbocycles. The van der Waals surface area contributed by atoms with Crippen LogP contribution in [0.15, 0.2) is 72.8 Å². The lowest BCUT2D eigenvalue weighted by atomic mass is 10.1. The van der Waals surface area contributed by atoms with Crippen molar-refractivity contribution < 1.29 is 9.47 Å². The highest BCUT2D eigenvalue weighted by molar-refractivity contribution is 5.85. The molecule has 0 unspecified atom stereocenters. The molecule has 0 radical (unpaired) electrons. The van der Waals surface area contributed by atoms with E-state index in [1.807, 2.05) is 30.3 Å². The Labute approximate surface area is 167 Å². The summed E-state index contributed by atoms with van der Waals surface area (Å²) in [4.78, 5) is 0. The van der Waals surface area contributed by atoms with Gasteiger partial charge in [0.05, 0.1) is 7.11 Å². The maximum absolute atomic E-state index is 5.91. The van der Waals surface area contributed by atoms with Gasteiger partial charge in [0, 0.05) is 13.1 Å². The van der Waals surface area contributed by atoms with Gasteiger partial charge in [-0.05, 0) is 35.7 Å². The minimum atomic E-state index is 0. The predicted octanol–water partition coefficient (Wildman–Crippen LogP) is 5.29. The third-order valence-corrected chi connectivity index (χ3v) is 4.24. The second-order valence-corrected chi connectivity index (χ2v) is 6.35. The average Bonchev–Trinajstić information content (AvgIpc) is 2.69. The zero-order valence-electron chi connectivity index (χ0n) is 15.8. The summed E-state index contributed by atoms with van der Waals surface area (Å²) in [5.74, 6) is 1.52. The summed E-state index contributed by atoms with van der Waals surface area (Å²) in [6, 6.07) is 24.8. The molecular formula is C23H26ClNO2. The summed E-state index contributed by atoms with van der Waals surface area (Å²) in [6.07, 6.45) is 0. The van der Waals surface area contributed by atoms with Crippen LogP contribution in [0, 0.1) is 6.92 Å². The molecule has 0 aliphatic carbocycles. The molecule has 142 valence electrons. The maximum Gasteiger partial charge on any atom is 0.161 e. The first-order valence-electron chi connectivity index (χ1n) is 8.84. The van der Waals surface area contributed by atoms with Crippen molar-refractivity contribution in [2.45, 2.75) is 26.6 Å². The van der Waals surface area contributed by atoms with Crippen molar-refractivity contribution in [3.8, 4) is 11.5 Å². The number of benzene rings is 3. The molecule has 0 heterocycles. The SMILES string of the molecule is COc1cc(CNCc2ccc(C)cc2)ccc1OCc1ccccc1.Cl. The molecule has 27 heavy (non-hydrogen) atoms. The van der Waals surface area contributed by atoms with Gasteiger partial charge in [-0.25, -0.2) is 0 Å². The Hall–Kier alpha value is -2.49. The smallest absolute Gasteiger partial charge is 0.161 e. The maximum atomic E-state index is 5.91. The molecule has 0 spiro atoms. The largest absolute Gasteiger partial charge is 0.493 e. The Morgan fingerprint density at radius 2 is 1.41 bits per heavy atom. The van der Waals surface area contributed by atoms with Crippen molar-refractivity contribution in [1.82, 2.24) is 5.32 Å². The molecule has 0 saturated heterocycles. The van der Waals surface area contributed by atoms with E-state index in [1.165, 1.54) is 16.7 Å². The van der Waals surface area contributed by atoms with Crippen LogP contribution >= 0.6 is 12.4 Å². The van der Waals surface area contributed by atoms with Crippen LogP contribution in [0.5, 0.6) is 11.5 Å². The molecule has 4 heteroatoms. The molecule has 3 aromatic rings. The molecule has 3 nitrogen and oxygen atoms in total. The predicted molar refractivity (Wildman–Crippen MR) is 113 cm³/mol. The van der Waals surface area contributed by atoms with Crippen molar-refractivity contribution in [3.05, 3.63) is 95.1 Å². The average molecular weight is 384 g/mol. The molecule has 1 N–H and O–H groups in total. The van der Waals surface area contributed by atoms with Gasteiger partial charge < -0.3 is 14.8 Å². The Bertz CT molecular complexity index is 820. The lowest BCUT2D eigenvalue weighted by Gasteiger charge is -2.13. The number of nitrogens with one attached hydrogen (secondary N) is 1. The van der Waals surface area contributed by atoms with Crippen molar-refractivity contribution in [2.75, 3.05) is 7.11 Å². The van der Waals surface area contributed by atoms with Crippen LogP contribution in [-0.4, -0.2) is 7.11 Å². The van der Waals surface area contributed by atoms with Crippen molar-refractivity contribution >= 4 is 12.4 Å². The summed E-state index contributed by atoms with van der Waals surface area (Å²) < 4.78 is 11.4. The lowest BCUT2D eigenvalue weighted by molar-refractivity contribution is 0.284.